The average Bonchev–Trinajstić information content (AvgIpc) is 2.44. The highest BCUT2D eigenvalue weighted by Crippen LogP contribution is 2.29. The molecule has 1 atom stereocenters. The third-order valence-corrected chi connectivity index (χ3v) is 3.88. The van der Waals surface area contributed by atoms with Crippen LogP contribution in [0.1, 0.15) is 37.6 Å². The average molecular weight is 319 g/mol. The quantitative estimate of drug-likeness (QED) is 0.422. The van der Waals surface area contributed by atoms with Gasteiger partial charge in [0.1, 0.15) is 0 Å². The molecule has 1 aromatic rings. The molecule has 0 aliphatic heterocycles. The van der Waals surface area contributed by atoms with Crippen molar-refractivity contribution in [3.8, 4) is 0 Å². The molecule has 0 saturated carbocycles. The third-order valence-electron chi connectivity index (χ3n) is 3.18. The summed E-state index contributed by atoms with van der Waals surface area (Å²) in [6.45, 7) is 15.1. The molecule has 0 N–H and O–H groups in total. The van der Waals surface area contributed by atoms with Crippen molar-refractivity contribution < 1.29 is 14.0 Å². The predicted octanol–water partition coefficient (Wildman–Crippen LogP) is 4.47. The third kappa shape index (κ3) is 6.16. The van der Waals surface area contributed by atoms with Crippen molar-refractivity contribution >= 4 is 15.0 Å². The first-order chi connectivity index (χ1) is 10.2. The number of esters is 1. The van der Waals surface area contributed by atoms with Gasteiger partial charge >= 0.3 is 5.97 Å². The van der Waals surface area contributed by atoms with Gasteiger partial charge in [0.15, 0.2) is 0 Å². The van der Waals surface area contributed by atoms with Gasteiger partial charge in [-0.2, -0.15) is 0 Å². The summed E-state index contributed by atoms with van der Waals surface area (Å²) in [5, 5.41) is 0. The zero-order valence-corrected chi connectivity index (χ0v) is 15.3. The first-order valence-electron chi connectivity index (χ1n) is 7.58. The van der Waals surface area contributed by atoms with Crippen LogP contribution in [0.25, 0.3) is 0 Å². The van der Waals surface area contributed by atoms with E-state index in [9.17, 15) is 4.79 Å². The van der Waals surface area contributed by atoms with Crippen molar-refractivity contribution in [3.63, 3.8) is 0 Å². The summed E-state index contributed by atoms with van der Waals surface area (Å²) in [4.78, 5) is 11.9. The summed E-state index contributed by atoms with van der Waals surface area (Å²) in [7, 11) is -0.812. The standard InChI is InChI=1S/C18H27O3Si/c1-14(16(18(2,3)4)21-22(5)6)12-13-20-17(19)15-10-8-7-9-11-15/h7-11,16H,1,12-13H2,2-6H3. The highest BCUT2D eigenvalue weighted by molar-refractivity contribution is 6.48. The maximum atomic E-state index is 11.9. The van der Waals surface area contributed by atoms with Gasteiger partial charge in [-0.25, -0.2) is 4.79 Å². The Morgan fingerprint density at radius 2 is 1.82 bits per heavy atom. The Bertz CT molecular complexity index is 489. The molecule has 1 unspecified atom stereocenters. The number of benzene rings is 1. The van der Waals surface area contributed by atoms with Crippen LogP contribution in [0.15, 0.2) is 42.5 Å². The molecule has 1 radical (unpaired) electrons. The van der Waals surface area contributed by atoms with E-state index in [-0.39, 0.29) is 17.5 Å². The van der Waals surface area contributed by atoms with E-state index in [1.165, 1.54) is 0 Å². The van der Waals surface area contributed by atoms with Crippen molar-refractivity contribution in [1.82, 2.24) is 0 Å². The zero-order chi connectivity index (χ0) is 16.8. The van der Waals surface area contributed by atoms with Gasteiger partial charge < -0.3 is 9.16 Å². The van der Waals surface area contributed by atoms with Crippen molar-refractivity contribution in [2.75, 3.05) is 6.61 Å². The molecule has 0 saturated heterocycles. The number of carbonyl (C=O) groups is 1. The Kier molecular flexibility index (Phi) is 7.03. The molecule has 0 aliphatic carbocycles. The molecule has 121 valence electrons. The summed E-state index contributed by atoms with van der Waals surface area (Å²) in [5.74, 6) is -0.294. The van der Waals surface area contributed by atoms with Crippen molar-refractivity contribution in [1.29, 1.82) is 0 Å². The number of rotatable bonds is 7. The molecule has 1 rings (SSSR count). The van der Waals surface area contributed by atoms with E-state index in [1.807, 2.05) is 18.2 Å². The van der Waals surface area contributed by atoms with Gasteiger partial charge in [0, 0.05) is 6.42 Å². The van der Waals surface area contributed by atoms with Crippen LogP contribution < -0.4 is 0 Å². The second kappa shape index (κ2) is 8.29. The predicted molar refractivity (Wildman–Crippen MR) is 92.3 cm³/mol. The lowest BCUT2D eigenvalue weighted by Gasteiger charge is -2.34. The molecule has 3 nitrogen and oxygen atoms in total. The second-order valence-corrected chi connectivity index (χ2v) is 8.73. The summed E-state index contributed by atoms with van der Waals surface area (Å²) >= 11 is 0. The SMILES string of the molecule is C=C(CCOC(=O)c1ccccc1)C(O[Si](C)C)C(C)(C)C. The number of hydrogen-bond donors (Lipinski definition) is 0. The van der Waals surface area contributed by atoms with E-state index in [1.54, 1.807) is 12.1 Å². The molecule has 1 aromatic carbocycles. The van der Waals surface area contributed by atoms with Gasteiger partial charge in [0.05, 0.1) is 18.3 Å². The molecule has 0 amide bonds. The van der Waals surface area contributed by atoms with E-state index < -0.39 is 9.04 Å². The van der Waals surface area contributed by atoms with Gasteiger partial charge in [0.25, 0.3) is 0 Å². The molecule has 22 heavy (non-hydrogen) atoms. The van der Waals surface area contributed by atoms with Gasteiger partial charge in [-0.05, 0) is 36.2 Å². The van der Waals surface area contributed by atoms with Crippen LogP contribution in [0.2, 0.25) is 13.1 Å². The molecule has 0 bridgehead atoms. The number of carbonyl (C=O) groups excluding carboxylic acids is 1. The van der Waals surface area contributed by atoms with Crippen molar-refractivity contribution in [2.24, 2.45) is 5.41 Å². The first-order valence-corrected chi connectivity index (χ1v) is 9.99. The zero-order valence-electron chi connectivity index (χ0n) is 14.3. The summed E-state index contributed by atoms with van der Waals surface area (Å²) < 4.78 is 11.4. The van der Waals surface area contributed by atoms with Gasteiger partial charge in [-0.15, -0.1) is 0 Å². The lowest BCUT2D eigenvalue weighted by molar-refractivity contribution is 0.0492. The van der Waals surface area contributed by atoms with E-state index in [0.29, 0.717) is 18.6 Å². The number of ether oxygens (including phenoxy) is 1. The minimum absolute atomic E-state index is 0.00758. The molecule has 0 aromatic heterocycles. The fourth-order valence-corrected chi connectivity index (χ4v) is 3.16. The maximum absolute atomic E-state index is 11.9. The topological polar surface area (TPSA) is 35.5 Å². The maximum Gasteiger partial charge on any atom is 0.338 e. The van der Waals surface area contributed by atoms with E-state index >= 15 is 0 Å². The normalized spacial score (nSPS) is 13.0. The molecular weight excluding hydrogens is 292 g/mol. The van der Waals surface area contributed by atoms with Gasteiger partial charge in [-0.1, -0.05) is 45.5 Å². The van der Waals surface area contributed by atoms with Crippen molar-refractivity contribution in [3.05, 3.63) is 48.0 Å². The summed E-state index contributed by atoms with van der Waals surface area (Å²) in [5.41, 5.74) is 1.55. The minimum Gasteiger partial charge on any atom is -0.462 e. The highest BCUT2D eigenvalue weighted by Gasteiger charge is 2.28. The molecular formula is C18H27O3Si. The van der Waals surface area contributed by atoms with E-state index in [0.717, 1.165) is 5.57 Å². The van der Waals surface area contributed by atoms with Crippen LogP contribution >= 0.6 is 0 Å². The lowest BCUT2D eigenvalue weighted by Crippen LogP contribution is -2.35. The van der Waals surface area contributed by atoms with Crippen LogP contribution in [-0.2, 0) is 9.16 Å². The molecule has 0 heterocycles. The summed E-state index contributed by atoms with van der Waals surface area (Å²) in [6, 6.07) is 9.02. The van der Waals surface area contributed by atoms with Crippen molar-refractivity contribution in [2.45, 2.75) is 46.4 Å². The summed E-state index contributed by atoms with van der Waals surface area (Å²) in [6.07, 6.45) is 0.613. The Morgan fingerprint density at radius 1 is 1.23 bits per heavy atom. The van der Waals surface area contributed by atoms with Crippen LogP contribution in [0.5, 0.6) is 0 Å². The smallest absolute Gasteiger partial charge is 0.338 e. The Morgan fingerprint density at radius 3 is 2.32 bits per heavy atom. The van der Waals surface area contributed by atoms with Crippen LogP contribution in [0, 0.1) is 5.41 Å². The number of hydrogen-bond acceptors (Lipinski definition) is 3. The van der Waals surface area contributed by atoms with Crippen LogP contribution in [0.3, 0.4) is 0 Å². The molecule has 0 fully saturated rings. The Labute approximate surface area is 136 Å². The first kappa shape index (κ1) is 18.7. The largest absolute Gasteiger partial charge is 0.462 e. The highest BCUT2D eigenvalue weighted by atomic mass is 28.3. The monoisotopic (exact) mass is 319 g/mol. The van der Waals surface area contributed by atoms with E-state index in [4.69, 9.17) is 9.16 Å². The Balaban J connectivity index is 2.52. The Hall–Kier alpha value is -1.39. The van der Waals surface area contributed by atoms with Gasteiger partial charge in [-0.3, -0.25) is 0 Å². The fraction of sp³-hybridized carbons (Fsp3) is 0.500. The molecule has 4 heteroatoms. The molecule has 0 spiro atoms. The molecule has 0 aliphatic rings. The van der Waals surface area contributed by atoms with E-state index in [2.05, 4.69) is 40.4 Å². The lowest BCUT2D eigenvalue weighted by atomic mass is 9.84. The van der Waals surface area contributed by atoms with Crippen LogP contribution in [-0.4, -0.2) is 27.7 Å². The van der Waals surface area contributed by atoms with Gasteiger partial charge in [0.2, 0.25) is 9.04 Å². The fourth-order valence-electron chi connectivity index (χ4n) is 2.17. The second-order valence-electron chi connectivity index (χ2n) is 6.68. The van der Waals surface area contributed by atoms with Crippen LogP contribution in [0.4, 0.5) is 0 Å². The minimum atomic E-state index is -0.812.